The number of para-hydroxylation sites is 2. The number of thiazole rings is 1. The molecule has 0 unspecified atom stereocenters. The highest BCUT2D eigenvalue weighted by Crippen LogP contribution is 2.31. The molecular weight excluding hydrogens is 332 g/mol. The fraction of sp³-hybridized carbons (Fsp3) is 0.0526. The molecule has 2 aromatic heterocycles. The van der Waals surface area contributed by atoms with Gasteiger partial charge in [-0.3, -0.25) is 5.43 Å². The third-order valence-electron chi connectivity index (χ3n) is 3.87. The van der Waals surface area contributed by atoms with Crippen LogP contribution in [0.4, 0.5) is 5.13 Å². The predicted molar refractivity (Wildman–Crippen MR) is 104 cm³/mol. The van der Waals surface area contributed by atoms with E-state index in [0.29, 0.717) is 0 Å². The topological polar surface area (TPSA) is 62.3 Å². The molecule has 0 aliphatic carbocycles. The van der Waals surface area contributed by atoms with Crippen LogP contribution in [-0.4, -0.2) is 23.3 Å². The quantitative estimate of drug-likeness (QED) is 0.404. The van der Waals surface area contributed by atoms with Crippen LogP contribution in [0.1, 0.15) is 5.56 Å². The van der Waals surface area contributed by atoms with Gasteiger partial charge in [-0.2, -0.15) is 5.10 Å². The highest BCUT2D eigenvalue weighted by Gasteiger charge is 2.09. The number of fused-ring (bicyclic) bond motifs is 1. The minimum absolute atomic E-state index is 0.733. The number of H-pyrrole nitrogens is 1. The SMILES string of the molecule is COc1ccccc1-c1csc(N/N=C/c2c[nH]c3ccccc23)n1. The third kappa shape index (κ3) is 3.12. The van der Waals surface area contributed by atoms with Crippen molar-refractivity contribution in [3.8, 4) is 17.0 Å². The largest absolute Gasteiger partial charge is 0.496 e. The lowest BCUT2D eigenvalue weighted by atomic mass is 10.1. The van der Waals surface area contributed by atoms with E-state index >= 15 is 0 Å². The van der Waals surface area contributed by atoms with Crippen molar-refractivity contribution in [2.45, 2.75) is 0 Å². The maximum absolute atomic E-state index is 5.39. The van der Waals surface area contributed by atoms with Crippen molar-refractivity contribution in [2.24, 2.45) is 5.10 Å². The lowest BCUT2D eigenvalue weighted by molar-refractivity contribution is 0.416. The van der Waals surface area contributed by atoms with Gasteiger partial charge in [-0.25, -0.2) is 4.98 Å². The Bertz CT molecular complexity index is 1030. The smallest absolute Gasteiger partial charge is 0.203 e. The summed E-state index contributed by atoms with van der Waals surface area (Å²) in [7, 11) is 1.66. The van der Waals surface area contributed by atoms with Crippen molar-refractivity contribution >= 4 is 33.6 Å². The first-order chi connectivity index (χ1) is 12.3. The van der Waals surface area contributed by atoms with Crippen molar-refractivity contribution in [2.75, 3.05) is 12.5 Å². The van der Waals surface area contributed by atoms with E-state index < -0.39 is 0 Å². The van der Waals surface area contributed by atoms with Crippen molar-refractivity contribution in [3.63, 3.8) is 0 Å². The van der Waals surface area contributed by atoms with Crippen LogP contribution in [0.3, 0.4) is 0 Å². The van der Waals surface area contributed by atoms with Crippen molar-refractivity contribution in [1.82, 2.24) is 9.97 Å². The number of ether oxygens (including phenoxy) is 1. The van der Waals surface area contributed by atoms with Gasteiger partial charge >= 0.3 is 0 Å². The van der Waals surface area contributed by atoms with Gasteiger partial charge in [-0.05, 0) is 18.2 Å². The predicted octanol–water partition coefficient (Wildman–Crippen LogP) is 4.75. The van der Waals surface area contributed by atoms with Gasteiger partial charge in [0, 0.05) is 33.6 Å². The molecule has 0 saturated carbocycles. The molecule has 6 heteroatoms. The maximum atomic E-state index is 5.39. The molecule has 0 aliphatic heterocycles. The summed E-state index contributed by atoms with van der Waals surface area (Å²) in [5.41, 5.74) is 6.96. The Hall–Kier alpha value is -3.12. The summed E-state index contributed by atoms with van der Waals surface area (Å²) in [5, 5.41) is 8.17. The second-order valence-corrected chi connectivity index (χ2v) is 6.26. The zero-order chi connectivity index (χ0) is 17.1. The number of hydrazone groups is 1. The van der Waals surface area contributed by atoms with Gasteiger partial charge in [0.15, 0.2) is 0 Å². The number of benzene rings is 2. The summed E-state index contributed by atoms with van der Waals surface area (Å²) in [6.07, 6.45) is 3.74. The van der Waals surface area contributed by atoms with Crippen LogP contribution >= 0.6 is 11.3 Å². The van der Waals surface area contributed by atoms with Gasteiger partial charge < -0.3 is 9.72 Å². The molecule has 25 heavy (non-hydrogen) atoms. The number of aromatic amines is 1. The molecule has 0 bridgehead atoms. The van der Waals surface area contributed by atoms with Crippen LogP contribution in [-0.2, 0) is 0 Å². The molecule has 2 aromatic carbocycles. The van der Waals surface area contributed by atoms with Crippen LogP contribution < -0.4 is 10.2 Å². The van der Waals surface area contributed by atoms with Crippen LogP contribution in [0.5, 0.6) is 5.75 Å². The van der Waals surface area contributed by atoms with Gasteiger partial charge in [0.25, 0.3) is 0 Å². The Kier molecular flexibility index (Phi) is 4.18. The number of nitrogens with zero attached hydrogens (tertiary/aromatic N) is 2. The molecule has 0 saturated heterocycles. The number of nitrogens with one attached hydrogen (secondary N) is 2. The van der Waals surface area contributed by atoms with Gasteiger partial charge in [0.1, 0.15) is 5.75 Å². The Labute approximate surface area is 149 Å². The van der Waals surface area contributed by atoms with Gasteiger partial charge in [-0.1, -0.05) is 30.3 Å². The molecule has 4 rings (SSSR count). The summed E-state index contributed by atoms with van der Waals surface area (Å²) in [6, 6.07) is 16.0. The second-order valence-electron chi connectivity index (χ2n) is 5.40. The minimum Gasteiger partial charge on any atom is -0.496 e. The van der Waals surface area contributed by atoms with Gasteiger partial charge in [-0.15, -0.1) is 11.3 Å². The summed E-state index contributed by atoms with van der Waals surface area (Å²) in [4.78, 5) is 7.81. The molecule has 0 fully saturated rings. The maximum Gasteiger partial charge on any atom is 0.203 e. The zero-order valence-electron chi connectivity index (χ0n) is 13.6. The fourth-order valence-corrected chi connectivity index (χ4v) is 3.32. The molecule has 0 aliphatic rings. The first kappa shape index (κ1) is 15.4. The minimum atomic E-state index is 0.733. The zero-order valence-corrected chi connectivity index (χ0v) is 14.4. The molecule has 0 amide bonds. The molecule has 2 heterocycles. The average molecular weight is 348 g/mol. The van der Waals surface area contributed by atoms with E-state index in [4.69, 9.17) is 4.74 Å². The van der Waals surface area contributed by atoms with E-state index in [1.807, 2.05) is 54.0 Å². The van der Waals surface area contributed by atoms with E-state index in [9.17, 15) is 0 Å². The molecule has 4 aromatic rings. The summed E-state index contributed by atoms with van der Waals surface area (Å²) >= 11 is 1.51. The van der Waals surface area contributed by atoms with E-state index in [1.54, 1.807) is 13.3 Å². The van der Waals surface area contributed by atoms with E-state index in [2.05, 4.69) is 26.6 Å². The highest BCUT2D eigenvalue weighted by molar-refractivity contribution is 7.14. The standard InChI is InChI=1S/C19H16N4OS/c1-24-18-9-5-3-7-15(18)17-12-25-19(22-17)23-21-11-13-10-20-16-8-4-2-6-14(13)16/h2-12,20H,1H3,(H,22,23)/b21-11+. The van der Waals surface area contributed by atoms with E-state index in [0.717, 1.165) is 38.6 Å². The number of hydrogen-bond donors (Lipinski definition) is 2. The van der Waals surface area contributed by atoms with Gasteiger partial charge in [0.05, 0.1) is 19.0 Å². The normalized spacial score (nSPS) is 11.2. The summed E-state index contributed by atoms with van der Waals surface area (Å²) < 4.78 is 5.39. The van der Waals surface area contributed by atoms with Crippen LogP contribution in [0.15, 0.2) is 65.2 Å². The molecule has 0 atom stereocenters. The second kappa shape index (κ2) is 6.78. The molecule has 5 nitrogen and oxygen atoms in total. The Morgan fingerprint density at radius 3 is 2.92 bits per heavy atom. The first-order valence-corrected chi connectivity index (χ1v) is 8.67. The van der Waals surface area contributed by atoms with Crippen molar-refractivity contribution in [1.29, 1.82) is 0 Å². The molecule has 2 N–H and O–H groups in total. The Morgan fingerprint density at radius 2 is 2.00 bits per heavy atom. The number of anilines is 1. The lowest BCUT2D eigenvalue weighted by Gasteiger charge is -2.04. The Morgan fingerprint density at radius 1 is 1.16 bits per heavy atom. The third-order valence-corrected chi connectivity index (χ3v) is 4.62. The van der Waals surface area contributed by atoms with E-state index in [-0.39, 0.29) is 0 Å². The monoisotopic (exact) mass is 348 g/mol. The van der Waals surface area contributed by atoms with Crippen LogP contribution in [0.25, 0.3) is 22.2 Å². The molecule has 124 valence electrons. The van der Waals surface area contributed by atoms with E-state index in [1.165, 1.54) is 11.3 Å². The molecule has 0 radical (unpaired) electrons. The van der Waals surface area contributed by atoms with Gasteiger partial charge in [0.2, 0.25) is 5.13 Å². The summed E-state index contributed by atoms with van der Waals surface area (Å²) in [6.45, 7) is 0. The number of methoxy groups -OCH3 is 1. The van der Waals surface area contributed by atoms with Crippen LogP contribution in [0.2, 0.25) is 0 Å². The van der Waals surface area contributed by atoms with Crippen molar-refractivity contribution in [3.05, 3.63) is 65.7 Å². The van der Waals surface area contributed by atoms with Crippen LogP contribution in [0, 0.1) is 0 Å². The summed E-state index contributed by atoms with van der Waals surface area (Å²) in [5.74, 6) is 0.807. The average Bonchev–Trinajstić information content (AvgIpc) is 3.29. The first-order valence-electron chi connectivity index (χ1n) is 7.79. The molecule has 0 spiro atoms. The highest BCUT2D eigenvalue weighted by atomic mass is 32.1. The number of hydrogen-bond acceptors (Lipinski definition) is 5. The number of rotatable bonds is 5. The number of aromatic nitrogens is 2. The fourth-order valence-electron chi connectivity index (χ4n) is 2.66. The Balaban J connectivity index is 1.52. The lowest BCUT2D eigenvalue weighted by Crippen LogP contribution is -1.90. The van der Waals surface area contributed by atoms with Crippen molar-refractivity contribution < 1.29 is 4.74 Å². The molecular formula is C19H16N4OS.